The van der Waals surface area contributed by atoms with Gasteiger partial charge in [-0.3, -0.25) is 0 Å². The van der Waals surface area contributed by atoms with Gasteiger partial charge < -0.3 is 10.1 Å². The second-order valence-electron chi connectivity index (χ2n) is 7.82. The quantitative estimate of drug-likeness (QED) is 0.488. The molecule has 0 amide bonds. The molecule has 5 nitrogen and oxygen atoms in total. The third-order valence-electron chi connectivity index (χ3n) is 5.87. The molecule has 2 atom stereocenters. The molecule has 31 heavy (non-hydrogen) atoms. The number of benzene rings is 3. The molecule has 0 fully saturated rings. The number of anilines is 1. The van der Waals surface area contributed by atoms with Crippen molar-refractivity contribution in [3.05, 3.63) is 113 Å². The number of aryl methyl sites for hydroxylation is 1. The van der Waals surface area contributed by atoms with Crippen molar-refractivity contribution >= 4 is 11.6 Å². The lowest BCUT2D eigenvalue weighted by Gasteiger charge is -2.39. The van der Waals surface area contributed by atoms with Gasteiger partial charge in [0.1, 0.15) is 23.9 Å². The number of rotatable bonds is 2. The number of aromatic nitrogens is 3. The highest BCUT2D eigenvalue weighted by molar-refractivity contribution is 5.85. The highest BCUT2D eigenvalue weighted by atomic mass is 19.1. The van der Waals surface area contributed by atoms with Crippen LogP contribution in [0.4, 0.5) is 10.3 Å². The van der Waals surface area contributed by atoms with Gasteiger partial charge in [-0.2, -0.15) is 10.1 Å². The molecule has 4 aromatic rings. The van der Waals surface area contributed by atoms with Crippen LogP contribution in [0.25, 0.3) is 5.70 Å². The number of halogens is 1. The first kappa shape index (κ1) is 17.9. The van der Waals surface area contributed by atoms with Crippen molar-refractivity contribution < 1.29 is 9.13 Å². The first-order chi connectivity index (χ1) is 15.2. The van der Waals surface area contributed by atoms with Crippen LogP contribution in [-0.2, 0) is 0 Å². The summed E-state index contributed by atoms with van der Waals surface area (Å²) in [6, 6.07) is 22.6. The number of nitrogens with one attached hydrogen (secondary N) is 1. The Bertz CT molecular complexity index is 1330. The van der Waals surface area contributed by atoms with E-state index in [4.69, 9.17) is 4.74 Å². The normalized spacial score (nSPS) is 19.0. The minimum atomic E-state index is -0.610. The summed E-state index contributed by atoms with van der Waals surface area (Å²) in [5, 5.41) is 7.94. The van der Waals surface area contributed by atoms with Crippen molar-refractivity contribution in [1.29, 1.82) is 0 Å². The van der Waals surface area contributed by atoms with Gasteiger partial charge in [0.15, 0.2) is 6.10 Å². The van der Waals surface area contributed by atoms with E-state index in [1.54, 1.807) is 12.1 Å². The number of nitrogens with zero attached hydrogens (tertiary/aromatic N) is 3. The van der Waals surface area contributed by atoms with Crippen molar-refractivity contribution in [2.24, 2.45) is 0 Å². The van der Waals surface area contributed by atoms with Gasteiger partial charge in [0.05, 0.1) is 5.70 Å². The molecule has 1 aromatic heterocycles. The summed E-state index contributed by atoms with van der Waals surface area (Å²) in [5.41, 5.74) is 5.39. The van der Waals surface area contributed by atoms with E-state index in [1.165, 1.54) is 12.4 Å². The number of hydrogen-bond acceptors (Lipinski definition) is 4. The van der Waals surface area contributed by atoms with Gasteiger partial charge in [0.2, 0.25) is 5.95 Å². The molecule has 0 radical (unpaired) electrons. The van der Waals surface area contributed by atoms with Gasteiger partial charge in [-0.05, 0) is 30.7 Å². The van der Waals surface area contributed by atoms with Crippen LogP contribution in [0.2, 0.25) is 0 Å². The van der Waals surface area contributed by atoms with Gasteiger partial charge in [-0.1, -0.05) is 60.2 Å². The van der Waals surface area contributed by atoms with Crippen molar-refractivity contribution in [3.63, 3.8) is 0 Å². The van der Waals surface area contributed by atoms with Gasteiger partial charge in [-0.15, -0.1) is 0 Å². The Morgan fingerprint density at radius 2 is 1.81 bits per heavy atom. The number of ether oxygens (including phenoxy) is 1. The van der Waals surface area contributed by atoms with E-state index >= 15 is 0 Å². The SMILES string of the molecule is Cc1ccc2c(c1)C1=C([C@H](c3ccccc3F)O2)[C@H](c2ccccc2)n2ncnc2N1. The summed E-state index contributed by atoms with van der Waals surface area (Å²) in [6.07, 6.45) is 0.925. The Labute approximate surface area is 178 Å². The van der Waals surface area contributed by atoms with E-state index in [2.05, 4.69) is 33.6 Å². The van der Waals surface area contributed by atoms with E-state index in [0.717, 1.165) is 28.0 Å². The third-order valence-corrected chi connectivity index (χ3v) is 5.87. The predicted molar refractivity (Wildman–Crippen MR) is 116 cm³/mol. The van der Waals surface area contributed by atoms with Gasteiger partial charge in [0, 0.05) is 16.7 Å². The molecule has 3 heterocycles. The zero-order chi connectivity index (χ0) is 20.9. The second kappa shape index (κ2) is 6.80. The topological polar surface area (TPSA) is 52.0 Å². The van der Waals surface area contributed by atoms with Crippen molar-refractivity contribution in [3.8, 4) is 5.75 Å². The Morgan fingerprint density at radius 1 is 1.00 bits per heavy atom. The summed E-state index contributed by atoms with van der Waals surface area (Å²) >= 11 is 0. The highest BCUT2D eigenvalue weighted by Gasteiger charge is 2.41. The van der Waals surface area contributed by atoms with Crippen LogP contribution in [0.1, 0.15) is 34.4 Å². The molecule has 0 aliphatic carbocycles. The third kappa shape index (κ3) is 2.75. The van der Waals surface area contributed by atoms with Crippen molar-refractivity contribution in [2.75, 3.05) is 5.32 Å². The average molecular weight is 410 g/mol. The van der Waals surface area contributed by atoms with Crippen LogP contribution in [0.5, 0.6) is 5.75 Å². The Morgan fingerprint density at radius 3 is 2.65 bits per heavy atom. The Balaban J connectivity index is 1.66. The molecule has 0 saturated heterocycles. The van der Waals surface area contributed by atoms with E-state index in [1.807, 2.05) is 48.0 Å². The highest BCUT2D eigenvalue weighted by Crippen LogP contribution is 2.50. The Hall–Kier alpha value is -3.93. The van der Waals surface area contributed by atoms with Crippen LogP contribution in [0.15, 0.2) is 84.7 Å². The van der Waals surface area contributed by atoms with Crippen molar-refractivity contribution in [1.82, 2.24) is 14.8 Å². The molecule has 0 bridgehead atoms. The summed E-state index contributed by atoms with van der Waals surface area (Å²) in [4.78, 5) is 4.43. The summed E-state index contributed by atoms with van der Waals surface area (Å²) in [6.45, 7) is 2.05. The maximum absolute atomic E-state index is 15.0. The minimum Gasteiger partial charge on any atom is -0.480 e. The van der Waals surface area contributed by atoms with E-state index in [0.29, 0.717) is 17.3 Å². The van der Waals surface area contributed by atoms with E-state index in [-0.39, 0.29) is 11.9 Å². The lowest BCUT2D eigenvalue weighted by molar-refractivity contribution is 0.218. The molecular weight excluding hydrogens is 391 g/mol. The molecule has 2 aliphatic heterocycles. The van der Waals surface area contributed by atoms with Crippen LogP contribution >= 0.6 is 0 Å². The molecule has 0 unspecified atom stereocenters. The van der Waals surface area contributed by atoms with E-state index < -0.39 is 6.10 Å². The molecular formula is C25H19FN4O. The maximum Gasteiger partial charge on any atom is 0.226 e. The molecule has 6 heteroatoms. The fraction of sp³-hybridized carbons (Fsp3) is 0.120. The molecule has 152 valence electrons. The zero-order valence-electron chi connectivity index (χ0n) is 16.8. The summed E-state index contributed by atoms with van der Waals surface area (Å²) in [5.74, 6) is 1.06. The molecule has 0 saturated carbocycles. The van der Waals surface area contributed by atoms with Crippen LogP contribution in [-0.4, -0.2) is 14.8 Å². The zero-order valence-corrected chi connectivity index (χ0v) is 16.8. The molecule has 6 rings (SSSR count). The lowest BCUT2D eigenvalue weighted by Crippen LogP contribution is -2.32. The first-order valence-corrected chi connectivity index (χ1v) is 10.2. The summed E-state index contributed by atoms with van der Waals surface area (Å²) < 4.78 is 23.3. The van der Waals surface area contributed by atoms with Gasteiger partial charge in [0.25, 0.3) is 0 Å². The molecule has 0 spiro atoms. The lowest BCUT2D eigenvalue weighted by atomic mass is 9.84. The fourth-order valence-electron chi connectivity index (χ4n) is 4.49. The fourth-order valence-corrected chi connectivity index (χ4v) is 4.49. The van der Waals surface area contributed by atoms with E-state index in [9.17, 15) is 4.39 Å². The van der Waals surface area contributed by atoms with Gasteiger partial charge >= 0.3 is 0 Å². The largest absolute Gasteiger partial charge is 0.480 e. The molecule has 2 aliphatic rings. The average Bonchev–Trinajstić information content (AvgIpc) is 3.27. The second-order valence-corrected chi connectivity index (χ2v) is 7.82. The van der Waals surface area contributed by atoms with Crippen LogP contribution < -0.4 is 10.1 Å². The Kier molecular flexibility index (Phi) is 3.93. The number of fused-ring (bicyclic) bond motifs is 3. The first-order valence-electron chi connectivity index (χ1n) is 10.2. The monoisotopic (exact) mass is 410 g/mol. The van der Waals surface area contributed by atoms with Gasteiger partial charge in [-0.25, -0.2) is 9.07 Å². The minimum absolute atomic E-state index is 0.284. The van der Waals surface area contributed by atoms with Crippen LogP contribution in [0.3, 0.4) is 0 Å². The maximum atomic E-state index is 15.0. The number of hydrogen-bond donors (Lipinski definition) is 1. The predicted octanol–water partition coefficient (Wildman–Crippen LogP) is 5.29. The molecule has 1 N–H and O–H groups in total. The van der Waals surface area contributed by atoms with Crippen LogP contribution in [0, 0.1) is 12.7 Å². The van der Waals surface area contributed by atoms with Crippen molar-refractivity contribution in [2.45, 2.75) is 19.1 Å². The standard InChI is InChI=1S/C25H19FN4O/c1-15-11-12-20-18(13-15)22-21(24(31-20)17-9-5-6-10-19(17)26)23(16-7-3-2-4-8-16)30-25(29-22)27-14-28-30/h2-14,23-24H,1H3,(H,27,28,29)/t23-,24-/m0/s1. The summed E-state index contributed by atoms with van der Waals surface area (Å²) in [7, 11) is 0. The smallest absolute Gasteiger partial charge is 0.226 e. The molecule has 3 aromatic carbocycles.